The van der Waals surface area contributed by atoms with Gasteiger partial charge in [-0.3, -0.25) is 5.32 Å². The summed E-state index contributed by atoms with van der Waals surface area (Å²) in [5, 5.41) is 12.0. The summed E-state index contributed by atoms with van der Waals surface area (Å²) in [5.74, 6) is 0.447. The SMILES string of the molecule is CCC(C)C(C#N)NC(C)C. The number of nitrogens with zero attached hydrogens (tertiary/aromatic N) is 1. The van der Waals surface area contributed by atoms with Gasteiger partial charge < -0.3 is 0 Å². The molecule has 0 aromatic carbocycles. The number of nitriles is 1. The van der Waals surface area contributed by atoms with Crippen LogP contribution < -0.4 is 5.32 Å². The van der Waals surface area contributed by atoms with Gasteiger partial charge in [0.05, 0.1) is 12.1 Å². The quantitative estimate of drug-likeness (QED) is 0.671. The summed E-state index contributed by atoms with van der Waals surface area (Å²) < 4.78 is 0. The smallest absolute Gasteiger partial charge is 0.0980 e. The van der Waals surface area contributed by atoms with Crippen LogP contribution in [0.2, 0.25) is 0 Å². The molecule has 0 heterocycles. The van der Waals surface area contributed by atoms with E-state index >= 15 is 0 Å². The van der Waals surface area contributed by atoms with E-state index in [4.69, 9.17) is 5.26 Å². The van der Waals surface area contributed by atoms with Crippen molar-refractivity contribution < 1.29 is 0 Å². The van der Waals surface area contributed by atoms with E-state index in [2.05, 4.69) is 39.1 Å². The van der Waals surface area contributed by atoms with E-state index in [9.17, 15) is 0 Å². The van der Waals surface area contributed by atoms with Gasteiger partial charge in [-0.25, -0.2) is 0 Å². The molecular formula is C9H18N2. The highest BCUT2D eigenvalue weighted by Crippen LogP contribution is 2.06. The Labute approximate surface area is 69.6 Å². The molecule has 2 nitrogen and oxygen atoms in total. The summed E-state index contributed by atoms with van der Waals surface area (Å²) >= 11 is 0. The Hall–Kier alpha value is -0.550. The van der Waals surface area contributed by atoms with Crippen molar-refractivity contribution in [3.05, 3.63) is 0 Å². The Balaban J connectivity index is 3.87. The third-order valence-electron chi connectivity index (χ3n) is 1.86. The molecule has 1 N–H and O–H groups in total. The molecule has 0 aliphatic rings. The van der Waals surface area contributed by atoms with Gasteiger partial charge in [-0.15, -0.1) is 0 Å². The van der Waals surface area contributed by atoms with E-state index in [0.29, 0.717) is 12.0 Å². The van der Waals surface area contributed by atoms with Crippen LogP contribution in [0.5, 0.6) is 0 Å². The summed E-state index contributed by atoms with van der Waals surface area (Å²) in [7, 11) is 0. The normalized spacial score (nSPS) is 16.0. The van der Waals surface area contributed by atoms with Crippen molar-refractivity contribution in [1.29, 1.82) is 5.26 Å². The van der Waals surface area contributed by atoms with Crippen LogP contribution in [0.4, 0.5) is 0 Å². The Morgan fingerprint density at radius 2 is 1.91 bits per heavy atom. The van der Waals surface area contributed by atoms with Crippen LogP contribution in [0.3, 0.4) is 0 Å². The minimum atomic E-state index is 0.0139. The van der Waals surface area contributed by atoms with Gasteiger partial charge in [0.2, 0.25) is 0 Å². The average Bonchev–Trinajstić information content (AvgIpc) is 1.98. The fourth-order valence-corrected chi connectivity index (χ4v) is 0.924. The first-order valence-corrected chi connectivity index (χ1v) is 4.27. The Morgan fingerprint density at radius 3 is 2.18 bits per heavy atom. The molecule has 0 saturated heterocycles. The largest absolute Gasteiger partial charge is 0.299 e. The van der Waals surface area contributed by atoms with Gasteiger partial charge in [-0.1, -0.05) is 20.3 Å². The van der Waals surface area contributed by atoms with Crippen LogP contribution in [0, 0.1) is 17.2 Å². The lowest BCUT2D eigenvalue weighted by Gasteiger charge is -2.19. The Bertz CT molecular complexity index is 135. The van der Waals surface area contributed by atoms with Crippen molar-refractivity contribution in [2.75, 3.05) is 0 Å². The predicted molar refractivity (Wildman–Crippen MR) is 47.1 cm³/mol. The molecule has 0 radical (unpaired) electrons. The number of nitrogens with one attached hydrogen (secondary N) is 1. The van der Waals surface area contributed by atoms with Crippen LogP contribution in [0.25, 0.3) is 0 Å². The van der Waals surface area contributed by atoms with Gasteiger partial charge in [0, 0.05) is 6.04 Å². The molecule has 0 spiro atoms. The minimum Gasteiger partial charge on any atom is -0.299 e. The summed E-state index contributed by atoms with van der Waals surface area (Å²) in [6, 6.07) is 2.68. The van der Waals surface area contributed by atoms with Crippen molar-refractivity contribution in [3.8, 4) is 6.07 Å². The van der Waals surface area contributed by atoms with Crippen molar-refractivity contribution >= 4 is 0 Å². The Kier molecular flexibility index (Phi) is 4.89. The maximum absolute atomic E-state index is 8.76. The Morgan fingerprint density at radius 1 is 1.36 bits per heavy atom. The number of rotatable bonds is 4. The maximum Gasteiger partial charge on any atom is 0.0980 e. The summed E-state index contributed by atoms with van der Waals surface area (Å²) in [5.41, 5.74) is 0. The molecule has 64 valence electrons. The number of hydrogen-bond donors (Lipinski definition) is 1. The average molecular weight is 154 g/mol. The summed E-state index contributed by atoms with van der Waals surface area (Å²) in [6.45, 7) is 8.33. The van der Waals surface area contributed by atoms with Crippen molar-refractivity contribution in [3.63, 3.8) is 0 Å². The zero-order valence-electron chi connectivity index (χ0n) is 7.89. The molecular weight excluding hydrogens is 136 g/mol. The second-order valence-electron chi connectivity index (χ2n) is 3.31. The van der Waals surface area contributed by atoms with E-state index in [-0.39, 0.29) is 6.04 Å². The van der Waals surface area contributed by atoms with E-state index in [1.807, 2.05) is 0 Å². The topological polar surface area (TPSA) is 35.8 Å². The molecule has 11 heavy (non-hydrogen) atoms. The molecule has 0 saturated carbocycles. The molecule has 0 bridgehead atoms. The maximum atomic E-state index is 8.76. The first-order chi connectivity index (χ1) is 5.11. The van der Waals surface area contributed by atoms with Crippen LogP contribution in [0.15, 0.2) is 0 Å². The van der Waals surface area contributed by atoms with Gasteiger partial charge in [0.1, 0.15) is 0 Å². The van der Waals surface area contributed by atoms with Gasteiger partial charge in [-0.2, -0.15) is 5.26 Å². The summed E-state index contributed by atoms with van der Waals surface area (Å²) in [6.07, 6.45) is 1.05. The highest BCUT2D eigenvalue weighted by Gasteiger charge is 2.14. The third-order valence-corrected chi connectivity index (χ3v) is 1.86. The number of hydrogen-bond acceptors (Lipinski definition) is 2. The molecule has 2 unspecified atom stereocenters. The second-order valence-corrected chi connectivity index (χ2v) is 3.31. The highest BCUT2D eigenvalue weighted by molar-refractivity contribution is 4.93. The fraction of sp³-hybridized carbons (Fsp3) is 0.889. The molecule has 0 amide bonds. The van der Waals surface area contributed by atoms with Gasteiger partial charge >= 0.3 is 0 Å². The predicted octanol–water partition coefficient (Wildman–Crippen LogP) is 1.92. The third kappa shape index (κ3) is 4.00. The highest BCUT2D eigenvalue weighted by atomic mass is 14.9. The first-order valence-electron chi connectivity index (χ1n) is 4.27. The van der Waals surface area contributed by atoms with E-state index in [0.717, 1.165) is 6.42 Å². The second kappa shape index (κ2) is 5.15. The van der Waals surface area contributed by atoms with Crippen LogP contribution in [-0.4, -0.2) is 12.1 Å². The van der Waals surface area contributed by atoms with Crippen LogP contribution in [0.1, 0.15) is 34.1 Å². The molecule has 0 aromatic rings. The van der Waals surface area contributed by atoms with Crippen molar-refractivity contribution in [2.24, 2.45) is 5.92 Å². The van der Waals surface area contributed by atoms with Gasteiger partial charge in [0.15, 0.2) is 0 Å². The molecule has 0 aliphatic heterocycles. The molecule has 0 rings (SSSR count). The van der Waals surface area contributed by atoms with Crippen LogP contribution in [-0.2, 0) is 0 Å². The van der Waals surface area contributed by atoms with Crippen molar-refractivity contribution in [2.45, 2.75) is 46.2 Å². The molecule has 2 heteroatoms. The monoisotopic (exact) mass is 154 g/mol. The van der Waals surface area contributed by atoms with E-state index in [1.54, 1.807) is 0 Å². The lowest BCUT2D eigenvalue weighted by Crippen LogP contribution is -2.38. The molecule has 2 atom stereocenters. The lowest BCUT2D eigenvalue weighted by molar-refractivity contribution is 0.403. The molecule has 0 aromatic heterocycles. The zero-order valence-corrected chi connectivity index (χ0v) is 7.89. The summed E-state index contributed by atoms with van der Waals surface area (Å²) in [4.78, 5) is 0. The lowest BCUT2D eigenvalue weighted by atomic mass is 10.00. The first kappa shape index (κ1) is 10.4. The zero-order chi connectivity index (χ0) is 8.85. The van der Waals surface area contributed by atoms with Gasteiger partial charge in [-0.05, 0) is 19.8 Å². The fourth-order valence-electron chi connectivity index (χ4n) is 0.924. The van der Waals surface area contributed by atoms with E-state index < -0.39 is 0 Å². The molecule has 0 aliphatic carbocycles. The van der Waals surface area contributed by atoms with Crippen LogP contribution >= 0.6 is 0 Å². The minimum absolute atomic E-state index is 0.0139. The van der Waals surface area contributed by atoms with E-state index in [1.165, 1.54) is 0 Å². The van der Waals surface area contributed by atoms with Gasteiger partial charge in [0.25, 0.3) is 0 Å². The standard InChI is InChI=1S/C9H18N2/c1-5-8(4)9(6-10)11-7(2)3/h7-9,11H,5H2,1-4H3. The molecule has 0 fully saturated rings. The van der Waals surface area contributed by atoms with Crippen molar-refractivity contribution in [1.82, 2.24) is 5.32 Å².